The van der Waals surface area contributed by atoms with Crippen LogP contribution in [0.3, 0.4) is 0 Å². The van der Waals surface area contributed by atoms with E-state index in [4.69, 9.17) is 21.1 Å². The van der Waals surface area contributed by atoms with Gasteiger partial charge in [0.2, 0.25) is 0 Å². The summed E-state index contributed by atoms with van der Waals surface area (Å²) in [6.45, 7) is 3.21. The van der Waals surface area contributed by atoms with Gasteiger partial charge in [0.05, 0.1) is 36.4 Å². The normalized spacial score (nSPS) is 27.4. The van der Waals surface area contributed by atoms with Crippen molar-refractivity contribution in [2.75, 3.05) is 18.5 Å². The van der Waals surface area contributed by atoms with Crippen molar-refractivity contribution in [3.63, 3.8) is 0 Å². The maximum Gasteiger partial charge on any atom is 0.312 e. The third kappa shape index (κ3) is 2.95. The van der Waals surface area contributed by atoms with Crippen LogP contribution in [0, 0.1) is 23.5 Å². The third-order valence-electron chi connectivity index (χ3n) is 6.70. The SMILES string of the molecule is CCOC(=O)C1C2COc3ccc(Cl)cc3C2N2C(=O)c3cc(F)c(F)cc3NC(=O)[C@@]12C. The van der Waals surface area contributed by atoms with Crippen molar-refractivity contribution in [3.8, 4) is 5.75 Å². The van der Waals surface area contributed by atoms with Crippen LogP contribution in [-0.4, -0.2) is 41.4 Å². The molecule has 2 aromatic rings. The molecule has 1 N–H and O–H groups in total. The zero-order chi connectivity index (χ0) is 23.7. The van der Waals surface area contributed by atoms with E-state index in [1.54, 1.807) is 25.1 Å². The number of ether oxygens (including phenoxy) is 2. The predicted molar refractivity (Wildman–Crippen MR) is 113 cm³/mol. The van der Waals surface area contributed by atoms with Crippen molar-refractivity contribution in [3.05, 3.63) is 58.1 Å². The maximum atomic E-state index is 14.1. The first kappa shape index (κ1) is 21.6. The number of fused-ring (bicyclic) bond motifs is 6. The van der Waals surface area contributed by atoms with Crippen LogP contribution >= 0.6 is 11.6 Å². The molecule has 0 aliphatic carbocycles. The standard InChI is InChI=1S/C23H19ClF2N2O5/c1-3-32-21(30)18-13-9-33-17-5-4-10(24)6-12(17)19(13)28-20(29)11-7-14(25)15(26)8-16(11)27-22(31)23(18,28)2/h4-8,13,18-19H,3,9H2,1-2H3,(H,27,31)/t13?,18?,19?,23-/m1/s1. The Morgan fingerprint density at radius 1 is 1.27 bits per heavy atom. The summed E-state index contributed by atoms with van der Waals surface area (Å²) in [5.74, 6) is -5.82. The lowest BCUT2D eigenvalue weighted by Crippen LogP contribution is -2.57. The van der Waals surface area contributed by atoms with E-state index >= 15 is 0 Å². The summed E-state index contributed by atoms with van der Waals surface area (Å²) in [4.78, 5) is 41.8. The number of benzene rings is 2. The van der Waals surface area contributed by atoms with Crippen molar-refractivity contribution < 1.29 is 32.6 Å². The van der Waals surface area contributed by atoms with Gasteiger partial charge in [-0.05, 0) is 38.1 Å². The van der Waals surface area contributed by atoms with E-state index in [9.17, 15) is 23.2 Å². The van der Waals surface area contributed by atoms with E-state index < -0.39 is 52.8 Å². The van der Waals surface area contributed by atoms with Gasteiger partial charge in [-0.1, -0.05) is 11.6 Å². The van der Waals surface area contributed by atoms with Crippen molar-refractivity contribution in [1.29, 1.82) is 0 Å². The molecular formula is C23H19ClF2N2O5. The second-order valence-corrected chi connectivity index (χ2v) is 8.86. The fourth-order valence-corrected chi connectivity index (χ4v) is 5.46. The number of esters is 1. The van der Waals surface area contributed by atoms with Crippen molar-refractivity contribution >= 4 is 35.1 Å². The predicted octanol–water partition coefficient (Wildman–Crippen LogP) is 3.71. The van der Waals surface area contributed by atoms with Gasteiger partial charge >= 0.3 is 5.97 Å². The van der Waals surface area contributed by atoms with E-state index in [1.807, 2.05) is 0 Å². The van der Waals surface area contributed by atoms with Gasteiger partial charge in [0.15, 0.2) is 11.6 Å². The molecule has 0 saturated carbocycles. The largest absolute Gasteiger partial charge is 0.493 e. The molecular weight excluding hydrogens is 458 g/mol. The van der Waals surface area contributed by atoms with E-state index in [1.165, 1.54) is 11.8 Å². The Balaban J connectivity index is 1.77. The zero-order valence-corrected chi connectivity index (χ0v) is 18.4. The minimum Gasteiger partial charge on any atom is -0.493 e. The Labute approximate surface area is 192 Å². The average molecular weight is 477 g/mol. The third-order valence-corrected chi connectivity index (χ3v) is 6.93. The fraction of sp³-hybridized carbons (Fsp3) is 0.348. The van der Waals surface area contributed by atoms with Crippen LogP contribution in [0.5, 0.6) is 5.75 Å². The van der Waals surface area contributed by atoms with Crippen LogP contribution in [0.2, 0.25) is 5.02 Å². The summed E-state index contributed by atoms with van der Waals surface area (Å²) in [6.07, 6.45) is 0. The van der Waals surface area contributed by atoms with Gasteiger partial charge in [-0.25, -0.2) is 8.78 Å². The number of halogens is 3. The monoisotopic (exact) mass is 476 g/mol. The van der Waals surface area contributed by atoms with Crippen LogP contribution in [0.1, 0.15) is 35.8 Å². The molecule has 4 atom stereocenters. The number of hydrogen-bond donors (Lipinski definition) is 1. The molecule has 3 heterocycles. The second-order valence-electron chi connectivity index (χ2n) is 8.42. The lowest BCUT2D eigenvalue weighted by atomic mass is 9.77. The maximum absolute atomic E-state index is 14.1. The lowest BCUT2D eigenvalue weighted by Gasteiger charge is -2.38. The molecule has 3 unspecified atom stereocenters. The molecule has 0 spiro atoms. The Morgan fingerprint density at radius 2 is 2.00 bits per heavy atom. The van der Waals surface area contributed by atoms with Gasteiger partial charge in [0.1, 0.15) is 11.3 Å². The van der Waals surface area contributed by atoms with Gasteiger partial charge in [-0.3, -0.25) is 14.4 Å². The number of nitrogens with one attached hydrogen (secondary N) is 1. The molecule has 33 heavy (non-hydrogen) atoms. The van der Waals surface area contributed by atoms with Crippen LogP contribution in [-0.2, 0) is 14.3 Å². The molecule has 10 heteroatoms. The fourth-order valence-electron chi connectivity index (χ4n) is 5.28. The van der Waals surface area contributed by atoms with Crippen molar-refractivity contribution in [2.24, 2.45) is 11.8 Å². The number of carbonyl (C=O) groups is 3. The molecule has 2 aromatic carbocycles. The summed E-state index contributed by atoms with van der Waals surface area (Å²) >= 11 is 6.22. The van der Waals surface area contributed by atoms with E-state index in [0.29, 0.717) is 16.3 Å². The molecule has 172 valence electrons. The van der Waals surface area contributed by atoms with E-state index in [0.717, 1.165) is 12.1 Å². The molecule has 5 rings (SSSR count). The Kier molecular flexibility index (Phi) is 4.86. The van der Waals surface area contributed by atoms with Gasteiger partial charge in [-0.15, -0.1) is 0 Å². The quantitative estimate of drug-likeness (QED) is 0.668. The summed E-state index contributed by atoms with van der Waals surface area (Å²) in [5, 5.41) is 2.90. The van der Waals surface area contributed by atoms with Gasteiger partial charge in [0, 0.05) is 22.6 Å². The first-order valence-electron chi connectivity index (χ1n) is 10.4. The Hall–Kier alpha value is -3.20. The molecule has 0 bridgehead atoms. The van der Waals surface area contributed by atoms with E-state index in [2.05, 4.69) is 5.32 Å². The highest BCUT2D eigenvalue weighted by atomic mass is 35.5. The summed E-state index contributed by atoms with van der Waals surface area (Å²) in [5.41, 5.74) is -1.59. The van der Waals surface area contributed by atoms with Crippen LogP contribution in [0.15, 0.2) is 30.3 Å². The summed E-state index contributed by atoms with van der Waals surface area (Å²) in [7, 11) is 0. The number of carbonyl (C=O) groups excluding carboxylic acids is 3. The first-order valence-corrected chi connectivity index (χ1v) is 10.8. The molecule has 2 amide bonds. The molecule has 3 aliphatic heterocycles. The molecule has 0 radical (unpaired) electrons. The highest BCUT2D eigenvalue weighted by Gasteiger charge is 2.67. The summed E-state index contributed by atoms with van der Waals surface area (Å²) in [6, 6.07) is 5.62. The number of nitrogens with zero attached hydrogens (tertiary/aromatic N) is 1. The average Bonchev–Trinajstić information content (AvgIpc) is 3.01. The minimum atomic E-state index is -1.72. The molecule has 3 aliphatic rings. The van der Waals surface area contributed by atoms with E-state index in [-0.39, 0.29) is 24.5 Å². The van der Waals surface area contributed by atoms with Gasteiger partial charge in [0.25, 0.3) is 11.8 Å². The minimum absolute atomic E-state index is 0.0417. The van der Waals surface area contributed by atoms with Crippen molar-refractivity contribution in [2.45, 2.75) is 25.4 Å². The van der Waals surface area contributed by atoms with Crippen molar-refractivity contribution in [1.82, 2.24) is 4.90 Å². The lowest BCUT2D eigenvalue weighted by molar-refractivity contribution is -0.155. The highest BCUT2D eigenvalue weighted by molar-refractivity contribution is 6.30. The van der Waals surface area contributed by atoms with Crippen LogP contribution < -0.4 is 10.1 Å². The number of amides is 2. The van der Waals surface area contributed by atoms with Gasteiger partial charge in [-0.2, -0.15) is 0 Å². The molecule has 1 fully saturated rings. The number of hydrogen-bond acceptors (Lipinski definition) is 5. The Morgan fingerprint density at radius 3 is 2.73 bits per heavy atom. The zero-order valence-electron chi connectivity index (χ0n) is 17.7. The second kappa shape index (κ2) is 7.41. The number of anilines is 1. The van der Waals surface area contributed by atoms with Gasteiger partial charge < -0.3 is 19.7 Å². The van der Waals surface area contributed by atoms with Crippen LogP contribution in [0.25, 0.3) is 0 Å². The Bertz CT molecular complexity index is 1220. The van der Waals surface area contributed by atoms with Crippen LogP contribution in [0.4, 0.5) is 14.5 Å². The smallest absolute Gasteiger partial charge is 0.312 e. The topological polar surface area (TPSA) is 84.9 Å². The summed E-state index contributed by atoms with van der Waals surface area (Å²) < 4.78 is 39.2. The molecule has 1 saturated heterocycles. The molecule has 7 nitrogen and oxygen atoms in total. The highest BCUT2D eigenvalue weighted by Crippen LogP contribution is 2.57. The molecule has 0 aromatic heterocycles. The first-order chi connectivity index (χ1) is 15.7. The number of rotatable bonds is 2.